The molecular formula is C10H16O7. The van der Waals surface area contributed by atoms with E-state index in [9.17, 15) is 15.0 Å². The number of aliphatic hydroxyl groups excluding tert-OH is 3. The summed E-state index contributed by atoms with van der Waals surface area (Å²) >= 11 is 0. The SMILES string of the molecule is CC1(C)O[C@H]2[C@@H]([C@H](O)CO)OC(=O)[C@@]2(CO)O1. The second-order valence-electron chi connectivity index (χ2n) is 4.71. The van der Waals surface area contributed by atoms with Crippen LogP contribution < -0.4 is 0 Å². The Bertz CT molecular complexity index is 329. The van der Waals surface area contributed by atoms with E-state index >= 15 is 0 Å². The Morgan fingerprint density at radius 1 is 1.41 bits per heavy atom. The van der Waals surface area contributed by atoms with E-state index < -0.39 is 48.9 Å². The normalized spacial score (nSPS) is 41.1. The molecule has 0 saturated carbocycles. The topological polar surface area (TPSA) is 105 Å². The van der Waals surface area contributed by atoms with Crippen LogP contribution in [0.5, 0.6) is 0 Å². The molecule has 17 heavy (non-hydrogen) atoms. The number of rotatable bonds is 3. The lowest BCUT2D eigenvalue weighted by molar-refractivity contribution is -0.207. The summed E-state index contributed by atoms with van der Waals surface area (Å²) in [5.41, 5.74) is -1.61. The number of cyclic esters (lactones) is 1. The number of fused-ring (bicyclic) bond motifs is 1. The highest BCUT2D eigenvalue weighted by Gasteiger charge is 2.68. The fourth-order valence-electron chi connectivity index (χ4n) is 2.27. The van der Waals surface area contributed by atoms with E-state index in [1.54, 1.807) is 13.8 Å². The van der Waals surface area contributed by atoms with Gasteiger partial charge in [0.25, 0.3) is 0 Å². The summed E-state index contributed by atoms with van der Waals surface area (Å²) in [6, 6.07) is 0. The zero-order valence-electron chi connectivity index (χ0n) is 9.62. The number of hydrogen-bond donors (Lipinski definition) is 3. The van der Waals surface area contributed by atoms with Crippen LogP contribution in [0.2, 0.25) is 0 Å². The number of carbonyl (C=O) groups excluding carboxylic acids is 1. The van der Waals surface area contributed by atoms with E-state index in [4.69, 9.17) is 19.3 Å². The quantitative estimate of drug-likeness (QED) is 0.503. The molecule has 2 aliphatic heterocycles. The second kappa shape index (κ2) is 3.89. The predicted octanol–water partition coefficient (Wildman–Crippen LogP) is -1.85. The van der Waals surface area contributed by atoms with Crippen LogP contribution >= 0.6 is 0 Å². The number of carbonyl (C=O) groups is 1. The van der Waals surface area contributed by atoms with E-state index in [0.717, 1.165) is 0 Å². The number of ether oxygens (including phenoxy) is 3. The van der Waals surface area contributed by atoms with Gasteiger partial charge in [-0.25, -0.2) is 4.79 Å². The summed E-state index contributed by atoms with van der Waals surface area (Å²) in [5, 5.41) is 27.8. The van der Waals surface area contributed by atoms with Gasteiger partial charge in [0.2, 0.25) is 5.60 Å². The summed E-state index contributed by atoms with van der Waals surface area (Å²) in [6.07, 6.45) is -3.24. The van der Waals surface area contributed by atoms with Gasteiger partial charge in [0.15, 0.2) is 11.9 Å². The molecule has 0 amide bonds. The van der Waals surface area contributed by atoms with Gasteiger partial charge in [0.05, 0.1) is 13.2 Å². The molecule has 7 nitrogen and oxygen atoms in total. The van der Waals surface area contributed by atoms with Gasteiger partial charge in [-0.15, -0.1) is 0 Å². The molecule has 0 radical (unpaired) electrons. The zero-order chi connectivity index (χ0) is 12.8. The highest BCUT2D eigenvalue weighted by molar-refractivity contribution is 5.84. The number of hydrogen-bond acceptors (Lipinski definition) is 7. The largest absolute Gasteiger partial charge is 0.454 e. The van der Waals surface area contributed by atoms with Gasteiger partial charge in [0, 0.05) is 0 Å². The van der Waals surface area contributed by atoms with Crippen molar-refractivity contribution in [1.29, 1.82) is 0 Å². The first-order valence-corrected chi connectivity index (χ1v) is 5.35. The van der Waals surface area contributed by atoms with Crippen LogP contribution in [0.1, 0.15) is 13.8 Å². The lowest BCUT2D eigenvalue weighted by Gasteiger charge is -2.23. The summed E-state index contributed by atoms with van der Waals surface area (Å²) in [5.74, 6) is -1.84. The minimum Gasteiger partial charge on any atom is -0.454 e. The fraction of sp³-hybridized carbons (Fsp3) is 0.900. The number of esters is 1. The Labute approximate surface area is 97.9 Å². The molecule has 0 aliphatic carbocycles. The van der Waals surface area contributed by atoms with Gasteiger partial charge < -0.3 is 29.5 Å². The average Bonchev–Trinajstić information content (AvgIpc) is 2.69. The minimum atomic E-state index is -1.61. The Hall–Kier alpha value is -0.730. The average molecular weight is 248 g/mol. The predicted molar refractivity (Wildman–Crippen MR) is 52.8 cm³/mol. The monoisotopic (exact) mass is 248 g/mol. The molecule has 2 rings (SSSR count). The van der Waals surface area contributed by atoms with Crippen molar-refractivity contribution in [3.63, 3.8) is 0 Å². The number of aliphatic hydroxyl groups is 3. The van der Waals surface area contributed by atoms with Crippen molar-refractivity contribution in [3.05, 3.63) is 0 Å². The van der Waals surface area contributed by atoms with Gasteiger partial charge in [-0.3, -0.25) is 0 Å². The van der Waals surface area contributed by atoms with Crippen LogP contribution in [0.15, 0.2) is 0 Å². The molecule has 4 atom stereocenters. The Morgan fingerprint density at radius 3 is 2.59 bits per heavy atom. The van der Waals surface area contributed by atoms with Crippen LogP contribution in [0.3, 0.4) is 0 Å². The molecule has 7 heteroatoms. The third kappa shape index (κ3) is 1.74. The van der Waals surface area contributed by atoms with Crippen molar-refractivity contribution in [3.8, 4) is 0 Å². The molecule has 2 fully saturated rings. The summed E-state index contributed by atoms with van der Waals surface area (Å²) in [4.78, 5) is 11.7. The van der Waals surface area contributed by atoms with Crippen molar-refractivity contribution >= 4 is 5.97 Å². The van der Waals surface area contributed by atoms with Crippen molar-refractivity contribution in [2.75, 3.05) is 13.2 Å². The third-order valence-corrected chi connectivity index (χ3v) is 2.99. The van der Waals surface area contributed by atoms with Crippen LogP contribution in [0, 0.1) is 0 Å². The first kappa shape index (κ1) is 12.7. The van der Waals surface area contributed by atoms with E-state index in [1.165, 1.54) is 0 Å². The first-order valence-electron chi connectivity index (χ1n) is 5.35. The van der Waals surface area contributed by atoms with Crippen LogP contribution in [-0.2, 0) is 19.0 Å². The maximum absolute atomic E-state index is 11.7. The fourth-order valence-corrected chi connectivity index (χ4v) is 2.27. The molecule has 3 N–H and O–H groups in total. The summed E-state index contributed by atoms with van der Waals surface area (Å²) in [7, 11) is 0. The minimum absolute atomic E-state index is 0.570. The molecule has 0 aromatic rings. The van der Waals surface area contributed by atoms with Crippen molar-refractivity contribution < 1.29 is 34.3 Å². The van der Waals surface area contributed by atoms with Gasteiger partial charge in [-0.05, 0) is 13.8 Å². The molecule has 2 aliphatic rings. The van der Waals surface area contributed by atoms with Crippen LogP contribution in [0.4, 0.5) is 0 Å². The molecule has 0 unspecified atom stereocenters. The Kier molecular flexibility index (Phi) is 2.91. The molecular weight excluding hydrogens is 232 g/mol. The lowest BCUT2D eigenvalue weighted by Crippen LogP contribution is -2.49. The molecule has 0 bridgehead atoms. The first-order chi connectivity index (χ1) is 7.86. The third-order valence-electron chi connectivity index (χ3n) is 2.99. The molecule has 98 valence electrons. The maximum Gasteiger partial charge on any atom is 0.344 e. The summed E-state index contributed by atoms with van der Waals surface area (Å²) < 4.78 is 15.8. The zero-order valence-corrected chi connectivity index (χ0v) is 9.62. The van der Waals surface area contributed by atoms with E-state index in [1.807, 2.05) is 0 Å². The van der Waals surface area contributed by atoms with Crippen molar-refractivity contribution in [1.82, 2.24) is 0 Å². The van der Waals surface area contributed by atoms with Gasteiger partial charge in [-0.1, -0.05) is 0 Å². The van der Waals surface area contributed by atoms with E-state index in [-0.39, 0.29) is 0 Å². The maximum atomic E-state index is 11.7. The Balaban J connectivity index is 2.32. The second-order valence-corrected chi connectivity index (χ2v) is 4.71. The highest BCUT2D eigenvalue weighted by atomic mass is 16.8. The van der Waals surface area contributed by atoms with Crippen molar-refractivity contribution in [2.45, 2.75) is 43.5 Å². The van der Waals surface area contributed by atoms with Gasteiger partial charge >= 0.3 is 5.97 Å². The van der Waals surface area contributed by atoms with E-state index in [0.29, 0.717) is 0 Å². The lowest BCUT2D eigenvalue weighted by atomic mass is 9.95. The van der Waals surface area contributed by atoms with Crippen LogP contribution in [-0.4, -0.2) is 64.2 Å². The van der Waals surface area contributed by atoms with Crippen molar-refractivity contribution in [2.24, 2.45) is 0 Å². The highest BCUT2D eigenvalue weighted by Crippen LogP contribution is 2.44. The molecule has 0 spiro atoms. The molecule has 2 heterocycles. The Morgan fingerprint density at radius 2 is 2.06 bits per heavy atom. The standard InChI is InChI=1S/C10H16O7/c1-9(2)16-7-6(5(13)3-11)15-8(14)10(7,4-12)17-9/h5-7,11-13H,3-4H2,1-2H3/t5-,6-,7+,10+/m1/s1. The van der Waals surface area contributed by atoms with E-state index in [2.05, 4.69) is 0 Å². The molecule has 2 saturated heterocycles. The van der Waals surface area contributed by atoms with Gasteiger partial charge in [0.1, 0.15) is 12.2 Å². The molecule has 0 aromatic heterocycles. The van der Waals surface area contributed by atoms with Crippen LogP contribution in [0.25, 0.3) is 0 Å². The van der Waals surface area contributed by atoms with Gasteiger partial charge in [-0.2, -0.15) is 0 Å². The summed E-state index contributed by atoms with van der Waals surface area (Å²) in [6.45, 7) is 2.02. The molecule has 0 aromatic carbocycles. The smallest absolute Gasteiger partial charge is 0.344 e.